The highest BCUT2D eigenvalue weighted by Crippen LogP contribution is 2.29. The summed E-state index contributed by atoms with van der Waals surface area (Å²) in [5.74, 6) is -2.20. The Hall–Kier alpha value is -1.89. The first-order valence-corrected chi connectivity index (χ1v) is 8.31. The summed E-state index contributed by atoms with van der Waals surface area (Å²) in [6.07, 6.45) is 2.35. The van der Waals surface area contributed by atoms with Gasteiger partial charge in [-0.2, -0.15) is 0 Å². The number of nitrogens with one attached hydrogen (secondary N) is 2. The maximum Gasteiger partial charge on any atom is 0.306 e. The van der Waals surface area contributed by atoms with Gasteiger partial charge in [-0.15, -0.1) is 0 Å². The van der Waals surface area contributed by atoms with Crippen molar-refractivity contribution in [3.63, 3.8) is 0 Å². The molecule has 3 N–H and O–H groups in total. The molecule has 0 bridgehead atoms. The predicted octanol–water partition coefficient (Wildman–Crippen LogP) is 2.39. The number of aliphatic carboxylic acids is 1. The molecule has 124 valence electrons. The second-order valence-electron chi connectivity index (χ2n) is 5.67. The lowest BCUT2D eigenvalue weighted by Gasteiger charge is -2.25. The monoisotopic (exact) mass is 382 g/mol. The molecule has 7 heteroatoms. The van der Waals surface area contributed by atoms with Crippen LogP contribution in [-0.4, -0.2) is 29.4 Å². The third-order valence-electron chi connectivity index (χ3n) is 3.95. The number of carboxylic acids is 1. The lowest BCUT2D eigenvalue weighted by Crippen LogP contribution is -2.39. The molecule has 1 saturated carbocycles. The summed E-state index contributed by atoms with van der Waals surface area (Å²) in [6.45, 7) is -0.122. The van der Waals surface area contributed by atoms with Crippen molar-refractivity contribution >= 4 is 39.4 Å². The number of benzene rings is 1. The van der Waals surface area contributed by atoms with Crippen LogP contribution in [0.3, 0.4) is 0 Å². The van der Waals surface area contributed by atoms with Crippen LogP contribution in [0.2, 0.25) is 0 Å². The van der Waals surface area contributed by atoms with Gasteiger partial charge in [0.05, 0.1) is 12.5 Å². The van der Waals surface area contributed by atoms with E-state index in [2.05, 4.69) is 26.6 Å². The van der Waals surface area contributed by atoms with Crippen LogP contribution in [0.4, 0.5) is 5.69 Å². The van der Waals surface area contributed by atoms with Gasteiger partial charge in [0.25, 0.3) is 0 Å². The zero-order valence-electron chi connectivity index (χ0n) is 12.5. The zero-order valence-corrected chi connectivity index (χ0v) is 14.1. The number of halogens is 1. The van der Waals surface area contributed by atoms with E-state index in [0.717, 1.165) is 10.9 Å². The molecular formula is C16H19BrN2O4. The minimum atomic E-state index is -0.851. The Labute approximate surface area is 142 Å². The number of carboxylic acid groups (broad SMARTS) is 1. The molecular weight excluding hydrogens is 364 g/mol. The normalized spacial score (nSPS) is 20.6. The fraction of sp³-hybridized carbons (Fsp3) is 0.438. The number of hydrogen-bond acceptors (Lipinski definition) is 3. The molecule has 1 fully saturated rings. The highest BCUT2D eigenvalue weighted by molar-refractivity contribution is 9.10. The summed E-state index contributed by atoms with van der Waals surface area (Å²) in [6, 6.07) is 7.12. The topological polar surface area (TPSA) is 95.5 Å². The third-order valence-corrected chi connectivity index (χ3v) is 4.47. The van der Waals surface area contributed by atoms with Gasteiger partial charge in [0.1, 0.15) is 0 Å². The molecule has 2 rings (SSSR count). The van der Waals surface area contributed by atoms with Gasteiger partial charge in [-0.05, 0) is 43.5 Å². The van der Waals surface area contributed by atoms with Crippen molar-refractivity contribution in [3.05, 3.63) is 28.7 Å². The van der Waals surface area contributed by atoms with Gasteiger partial charge < -0.3 is 15.7 Å². The Morgan fingerprint density at radius 1 is 1.13 bits per heavy atom. The van der Waals surface area contributed by atoms with Crippen molar-refractivity contribution in [2.45, 2.75) is 25.7 Å². The molecule has 1 aromatic carbocycles. The van der Waals surface area contributed by atoms with Crippen molar-refractivity contribution in [1.82, 2.24) is 5.32 Å². The van der Waals surface area contributed by atoms with Crippen molar-refractivity contribution in [1.29, 1.82) is 0 Å². The SMILES string of the molecule is O=C(CNC(=O)C1CCCC(C(=O)O)C1)Nc1ccc(Br)cc1. The second kappa shape index (κ2) is 8.10. The Morgan fingerprint density at radius 2 is 1.78 bits per heavy atom. The molecule has 0 spiro atoms. The van der Waals surface area contributed by atoms with E-state index < -0.39 is 11.9 Å². The van der Waals surface area contributed by atoms with Gasteiger partial charge in [-0.3, -0.25) is 14.4 Å². The Balaban J connectivity index is 1.78. The highest BCUT2D eigenvalue weighted by atomic mass is 79.9. The fourth-order valence-corrected chi connectivity index (χ4v) is 2.97. The van der Waals surface area contributed by atoms with Crippen LogP contribution in [0.5, 0.6) is 0 Å². The van der Waals surface area contributed by atoms with E-state index in [4.69, 9.17) is 5.11 Å². The molecule has 1 aromatic rings. The maximum atomic E-state index is 12.1. The van der Waals surface area contributed by atoms with E-state index in [1.165, 1.54) is 0 Å². The minimum Gasteiger partial charge on any atom is -0.481 e. The van der Waals surface area contributed by atoms with Gasteiger partial charge in [0.2, 0.25) is 11.8 Å². The first-order chi connectivity index (χ1) is 11.0. The third kappa shape index (κ3) is 5.35. The van der Waals surface area contributed by atoms with E-state index in [1.807, 2.05) is 12.1 Å². The van der Waals surface area contributed by atoms with E-state index in [9.17, 15) is 14.4 Å². The molecule has 0 radical (unpaired) electrons. The van der Waals surface area contributed by atoms with Crippen molar-refractivity contribution in [2.24, 2.45) is 11.8 Å². The summed E-state index contributed by atoms with van der Waals surface area (Å²) < 4.78 is 0.911. The molecule has 1 aliphatic rings. The van der Waals surface area contributed by atoms with Crippen LogP contribution in [0.1, 0.15) is 25.7 Å². The number of hydrogen-bond donors (Lipinski definition) is 3. The van der Waals surface area contributed by atoms with E-state index >= 15 is 0 Å². The summed E-state index contributed by atoms with van der Waals surface area (Å²) >= 11 is 3.31. The number of carbonyl (C=O) groups excluding carboxylic acids is 2. The molecule has 1 aliphatic carbocycles. The van der Waals surface area contributed by atoms with Crippen LogP contribution < -0.4 is 10.6 Å². The second-order valence-corrected chi connectivity index (χ2v) is 6.59. The number of carbonyl (C=O) groups is 3. The van der Waals surface area contributed by atoms with Gasteiger partial charge >= 0.3 is 5.97 Å². The molecule has 0 heterocycles. The number of amides is 2. The van der Waals surface area contributed by atoms with Crippen LogP contribution in [-0.2, 0) is 14.4 Å². The standard InChI is InChI=1S/C16H19BrN2O4/c17-12-4-6-13(7-5-12)19-14(20)9-18-15(21)10-2-1-3-11(8-10)16(22)23/h4-7,10-11H,1-3,8-9H2,(H,18,21)(H,19,20)(H,22,23). The molecule has 2 atom stereocenters. The molecule has 6 nitrogen and oxygen atoms in total. The van der Waals surface area contributed by atoms with Gasteiger partial charge in [0, 0.05) is 16.1 Å². The quantitative estimate of drug-likeness (QED) is 0.728. The van der Waals surface area contributed by atoms with Crippen molar-refractivity contribution in [2.75, 3.05) is 11.9 Å². The maximum absolute atomic E-state index is 12.1. The molecule has 0 aliphatic heterocycles. The van der Waals surface area contributed by atoms with E-state index in [0.29, 0.717) is 24.9 Å². The largest absolute Gasteiger partial charge is 0.481 e. The molecule has 2 unspecified atom stereocenters. The summed E-state index contributed by atoms with van der Waals surface area (Å²) in [5.41, 5.74) is 0.649. The Morgan fingerprint density at radius 3 is 2.43 bits per heavy atom. The molecule has 0 aromatic heterocycles. The lowest BCUT2D eigenvalue weighted by atomic mass is 9.81. The van der Waals surface area contributed by atoms with Gasteiger partial charge in [-0.1, -0.05) is 22.4 Å². The first kappa shape index (κ1) is 17.5. The molecule has 0 saturated heterocycles. The minimum absolute atomic E-state index is 0.122. The smallest absolute Gasteiger partial charge is 0.306 e. The van der Waals surface area contributed by atoms with Crippen molar-refractivity contribution in [3.8, 4) is 0 Å². The molecule has 23 heavy (non-hydrogen) atoms. The molecule has 2 amide bonds. The lowest BCUT2D eigenvalue weighted by molar-refractivity contribution is -0.144. The van der Waals surface area contributed by atoms with Crippen LogP contribution in [0.15, 0.2) is 28.7 Å². The average Bonchev–Trinajstić information content (AvgIpc) is 2.55. The summed E-state index contributed by atoms with van der Waals surface area (Å²) in [4.78, 5) is 34.9. The zero-order chi connectivity index (χ0) is 16.8. The Kier molecular flexibility index (Phi) is 6.15. The Bertz CT molecular complexity index is 588. The fourth-order valence-electron chi connectivity index (χ4n) is 2.70. The van der Waals surface area contributed by atoms with Crippen LogP contribution >= 0.6 is 15.9 Å². The number of rotatable bonds is 5. The van der Waals surface area contributed by atoms with E-state index in [1.54, 1.807) is 12.1 Å². The first-order valence-electron chi connectivity index (χ1n) is 7.51. The van der Waals surface area contributed by atoms with Crippen LogP contribution in [0, 0.1) is 11.8 Å². The van der Waals surface area contributed by atoms with Gasteiger partial charge in [0.15, 0.2) is 0 Å². The van der Waals surface area contributed by atoms with Gasteiger partial charge in [-0.25, -0.2) is 0 Å². The van der Waals surface area contributed by atoms with Crippen molar-refractivity contribution < 1.29 is 19.5 Å². The van der Waals surface area contributed by atoms with E-state index in [-0.39, 0.29) is 24.3 Å². The number of anilines is 1. The average molecular weight is 383 g/mol. The predicted molar refractivity (Wildman–Crippen MR) is 88.9 cm³/mol. The van der Waals surface area contributed by atoms with Crippen LogP contribution in [0.25, 0.3) is 0 Å². The summed E-state index contributed by atoms with van der Waals surface area (Å²) in [7, 11) is 0. The highest BCUT2D eigenvalue weighted by Gasteiger charge is 2.30. The summed E-state index contributed by atoms with van der Waals surface area (Å²) in [5, 5.41) is 14.3.